The fraction of sp³-hybridized carbons (Fsp3) is 0.240. The van der Waals surface area contributed by atoms with Crippen LogP contribution in [0.15, 0.2) is 66.0 Å². The molecule has 0 fully saturated rings. The van der Waals surface area contributed by atoms with Crippen LogP contribution in [0.4, 0.5) is 5.69 Å². The zero-order chi connectivity index (χ0) is 24.1. The van der Waals surface area contributed by atoms with Gasteiger partial charge in [-0.05, 0) is 51.4 Å². The Morgan fingerprint density at radius 1 is 1.24 bits per heavy atom. The number of rotatable bonds is 9. The number of nitrogens with one attached hydrogen (secondary N) is 2. The normalized spacial score (nSPS) is 14.7. The number of hydrogen-bond acceptors (Lipinski definition) is 8. The van der Waals surface area contributed by atoms with E-state index < -0.39 is 11.8 Å². The molecule has 1 aromatic carbocycles. The van der Waals surface area contributed by atoms with Gasteiger partial charge >= 0.3 is 5.97 Å². The number of H-pyrrole nitrogens is 1. The Hall–Kier alpha value is -4.11. The monoisotopic (exact) mass is 462 g/mol. The summed E-state index contributed by atoms with van der Waals surface area (Å²) in [6.07, 6.45) is 4.98. The summed E-state index contributed by atoms with van der Waals surface area (Å²) in [6, 6.07) is 10.9. The molecule has 0 bridgehead atoms. The summed E-state index contributed by atoms with van der Waals surface area (Å²) in [4.78, 5) is 35.1. The van der Waals surface area contributed by atoms with Gasteiger partial charge in [-0.1, -0.05) is 12.1 Å². The number of fused-ring (bicyclic) bond motifs is 1. The Kier molecular flexibility index (Phi) is 6.93. The van der Waals surface area contributed by atoms with Gasteiger partial charge in [-0.2, -0.15) is 0 Å². The number of allylic oxidation sites excluding steroid dienone is 1. The van der Waals surface area contributed by atoms with Crippen LogP contribution < -0.4 is 10.1 Å². The number of carbonyl (C=O) groups excluding carboxylic acids is 2. The molecule has 0 aliphatic carbocycles. The number of aromatic amines is 1. The number of pyridine rings is 1. The van der Waals surface area contributed by atoms with Gasteiger partial charge in [0.25, 0.3) is 0 Å². The van der Waals surface area contributed by atoms with Crippen molar-refractivity contribution in [3.8, 4) is 5.75 Å². The molecule has 2 aromatic heterocycles. The molecule has 9 heteroatoms. The highest BCUT2D eigenvalue weighted by Gasteiger charge is 2.37. The van der Waals surface area contributed by atoms with Crippen molar-refractivity contribution < 1.29 is 23.8 Å². The Morgan fingerprint density at radius 3 is 2.85 bits per heavy atom. The minimum atomic E-state index is -0.759. The van der Waals surface area contributed by atoms with Gasteiger partial charge in [0, 0.05) is 29.9 Å². The topological polar surface area (TPSA) is 106 Å². The SMILES string of the molecule is CCOC(=O)C1=C(Nc2ccccc2OCCN(C)C)OC(=Cc2c[nH]c3ncccc23)C1=O. The number of Topliss-reactive ketones (excluding diaryl/α,β-unsaturated/α-hetero) is 1. The predicted molar refractivity (Wildman–Crippen MR) is 128 cm³/mol. The summed E-state index contributed by atoms with van der Waals surface area (Å²) in [7, 11) is 3.92. The van der Waals surface area contributed by atoms with Gasteiger partial charge in [-0.25, -0.2) is 9.78 Å². The van der Waals surface area contributed by atoms with E-state index in [0.29, 0.717) is 29.3 Å². The van der Waals surface area contributed by atoms with Crippen molar-refractivity contribution in [2.45, 2.75) is 6.92 Å². The molecule has 0 spiro atoms. The first kappa shape index (κ1) is 23.1. The number of carbonyl (C=O) groups is 2. The highest BCUT2D eigenvalue weighted by Crippen LogP contribution is 2.33. The number of ether oxygens (including phenoxy) is 3. The standard InChI is InChI=1S/C25H26N4O5/c1-4-32-25(31)21-22(30)20(14-16-15-27-23-17(16)8-7-11-26-23)34-24(21)28-18-9-5-6-10-19(18)33-13-12-29(2)3/h5-11,14-15,28H,4,12-13H2,1-3H3,(H,26,27). The molecule has 176 valence electrons. The van der Waals surface area contributed by atoms with E-state index in [9.17, 15) is 9.59 Å². The molecule has 9 nitrogen and oxygen atoms in total. The second-order valence-corrected chi connectivity index (χ2v) is 7.78. The van der Waals surface area contributed by atoms with Crippen molar-refractivity contribution >= 4 is 34.5 Å². The van der Waals surface area contributed by atoms with Gasteiger partial charge in [0.15, 0.2) is 11.3 Å². The quantitative estimate of drug-likeness (QED) is 0.283. The molecular formula is C25H26N4O5. The average molecular weight is 463 g/mol. The molecule has 0 radical (unpaired) electrons. The number of nitrogens with zero attached hydrogens (tertiary/aromatic N) is 2. The van der Waals surface area contributed by atoms with Gasteiger partial charge in [0.1, 0.15) is 18.0 Å². The third-order valence-electron chi connectivity index (χ3n) is 5.07. The van der Waals surface area contributed by atoms with Crippen molar-refractivity contribution in [2.24, 2.45) is 0 Å². The van der Waals surface area contributed by atoms with Gasteiger partial charge in [-0.3, -0.25) is 4.79 Å². The van der Waals surface area contributed by atoms with Crippen LogP contribution in [-0.4, -0.2) is 60.5 Å². The summed E-state index contributed by atoms with van der Waals surface area (Å²) in [5.74, 6) is -0.760. The first-order valence-electron chi connectivity index (χ1n) is 10.9. The van der Waals surface area contributed by atoms with Crippen molar-refractivity contribution in [3.05, 3.63) is 71.6 Å². The van der Waals surface area contributed by atoms with Crippen molar-refractivity contribution in [3.63, 3.8) is 0 Å². The Balaban J connectivity index is 1.65. The first-order chi connectivity index (χ1) is 16.5. The lowest BCUT2D eigenvalue weighted by atomic mass is 10.1. The van der Waals surface area contributed by atoms with Crippen LogP contribution in [0.25, 0.3) is 17.1 Å². The third-order valence-corrected chi connectivity index (χ3v) is 5.07. The van der Waals surface area contributed by atoms with E-state index in [-0.39, 0.29) is 23.8 Å². The molecule has 0 saturated carbocycles. The van der Waals surface area contributed by atoms with Gasteiger partial charge in [0.05, 0.1) is 12.3 Å². The van der Waals surface area contributed by atoms with Crippen LogP contribution in [0.3, 0.4) is 0 Å². The lowest BCUT2D eigenvalue weighted by Gasteiger charge is -2.15. The second kappa shape index (κ2) is 10.2. The van der Waals surface area contributed by atoms with Crippen LogP contribution >= 0.6 is 0 Å². The lowest BCUT2D eigenvalue weighted by Crippen LogP contribution is -2.20. The number of para-hydroxylation sites is 2. The number of esters is 1. The van der Waals surface area contributed by atoms with E-state index in [2.05, 4.69) is 15.3 Å². The van der Waals surface area contributed by atoms with Gasteiger partial charge in [0.2, 0.25) is 11.7 Å². The lowest BCUT2D eigenvalue weighted by molar-refractivity contribution is -0.139. The van der Waals surface area contributed by atoms with Crippen LogP contribution in [0.1, 0.15) is 12.5 Å². The summed E-state index contributed by atoms with van der Waals surface area (Å²) in [5.41, 5.74) is 1.75. The first-order valence-corrected chi connectivity index (χ1v) is 10.9. The Morgan fingerprint density at radius 2 is 2.06 bits per heavy atom. The largest absolute Gasteiger partial charge is 0.490 e. The van der Waals surface area contributed by atoms with E-state index in [4.69, 9.17) is 14.2 Å². The number of aromatic nitrogens is 2. The van der Waals surface area contributed by atoms with E-state index >= 15 is 0 Å². The smallest absolute Gasteiger partial charge is 0.347 e. The molecule has 0 unspecified atom stereocenters. The molecule has 4 rings (SSSR count). The minimum absolute atomic E-state index is 0.00122. The summed E-state index contributed by atoms with van der Waals surface area (Å²) in [5, 5.41) is 3.87. The highest BCUT2D eigenvalue weighted by atomic mass is 16.5. The second-order valence-electron chi connectivity index (χ2n) is 7.78. The molecule has 0 amide bonds. The van der Waals surface area contributed by atoms with E-state index in [1.165, 1.54) is 0 Å². The number of anilines is 1. The number of benzene rings is 1. The van der Waals surface area contributed by atoms with Crippen molar-refractivity contribution in [1.82, 2.24) is 14.9 Å². The molecule has 2 N–H and O–H groups in total. The molecule has 3 heterocycles. The number of hydrogen-bond donors (Lipinski definition) is 2. The molecule has 1 aliphatic heterocycles. The van der Waals surface area contributed by atoms with Crippen LogP contribution in [-0.2, 0) is 19.1 Å². The summed E-state index contributed by atoms with van der Waals surface area (Å²) >= 11 is 0. The maximum atomic E-state index is 13.2. The maximum Gasteiger partial charge on any atom is 0.347 e. The highest BCUT2D eigenvalue weighted by molar-refractivity contribution is 6.26. The van der Waals surface area contributed by atoms with E-state index in [0.717, 1.165) is 11.9 Å². The number of ketones is 1. The fourth-order valence-corrected chi connectivity index (χ4v) is 3.40. The predicted octanol–water partition coefficient (Wildman–Crippen LogP) is 3.33. The fourth-order valence-electron chi connectivity index (χ4n) is 3.40. The molecular weight excluding hydrogens is 436 g/mol. The zero-order valence-corrected chi connectivity index (χ0v) is 19.3. The molecule has 0 saturated heterocycles. The molecule has 34 heavy (non-hydrogen) atoms. The molecule has 3 aromatic rings. The summed E-state index contributed by atoms with van der Waals surface area (Å²) < 4.78 is 16.9. The maximum absolute atomic E-state index is 13.2. The Labute approximate surface area is 197 Å². The van der Waals surface area contributed by atoms with Gasteiger partial charge in [-0.15, -0.1) is 0 Å². The molecule has 1 aliphatic rings. The van der Waals surface area contributed by atoms with Crippen molar-refractivity contribution in [1.29, 1.82) is 0 Å². The minimum Gasteiger partial charge on any atom is -0.490 e. The van der Waals surface area contributed by atoms with E-state index in [1.54, 1.807) is 43.6 Å². The van der Waals surface area contributed by atoms with Crippen LogP contribution in [0.2, 0.25) is 0 Å². The molecule has 0 atom stereocenters. The number of likely N-dealkylation sites (N-methyl/N-ethyl adjacent to an activating group) is 1. The third kappa shape index (κ3) is 4.94. The van der Waals surface area contributed by atoms with Gasteiger partial charge < -0.3 is 29.4 Å². The summed E-state index contributed by atoms with van der Waals surface area (Å²) in [6.45, 7) is 3.00. The van der Waals surface area contributed by atoms with Crippen LogP contribution in [0, 0.1) is 0 Å². The average Bonchev–Trinajstić information content (AvgIpc) is 3.36. The zero-order valence-electron chi connectivity index (χ0n) is 19.3. The van der Waals surface area contributed by atoms with Crippen LogP contribution in [0.5, 0.6) is 5.75 Å². The van der Waals surface area contributed by atoms with E-state index in [1.807, 2.05) is 37.2 Å². The van der Waals surface area contributed by atoms with Crippen molar-refractivity contribution in [2.75, 3.05) is 39.2 Å². The Bertz CT molecular complexity index is 1280.